The quantitative estimate of drug-likeness (QED) is 0.295. The van der Waals surface area contributed by atoms with Gasteiger partial charge in [-0.25, -0.2) is 0 Å². The molecule has 2 unspecified atom stereocenters. The molecule has 6 heteroatoms. The fourth-order valence-corrected chi connectivity index (χ4v) is 3.30. The summed E-state index contributed by atoms with van der Waals surface area (Å²) in [5, 5.41) is 7.03. The van der Waals surface area contributed by atoms with Crippen LogP contribution in [0.25, 0.3) is 0 Å². The number of guanidine groups is 1. The lowest BCUT2D eigenvalue weighted by atomic mass is 9.99. The molecule has 150 valence electrons. The van der Waals surface area contributed by atoms with E-state index in [1.807, 2.05) is 7.05 Å². The third-order valence-electron chi connectivity index (χ3n) is 5.37. The average Bonchev–Trinajstić information content (AvgIpc) is 2.63. The molecule has 0 aromatic heterocycles. The van der Waals surface area contributed by atoms with E-state index in [1.54, 1.807) is 0 Å². The monoisotopic (exact) mass is 467 g/mol. The van der Waals surface area contributed by atoms with Crippen LogP contribution in [0.3, 0.4) is 0 Å². The third-order valence-corrected chi connectivity index (χ3v) is 5.37. The van der Waals surface area contributed by atoms with Crippen LogP contribution in [0, 0.1) is 5.92 Å². The van der Waals surface area contributed by atoms with Crippen LogP contribution in [0.2, 0.25) is 0 Å². The summed E-state index contributed by atoms with van der Waals surface area (Å²) in [6.07, 6.45) is 5.16. The van der Waals surface area contributed by atoms with Crippen molar-refractivity contribution in [1.29, 1.82) is 0 Å². The molecule has 1 fully saturated rings. The molecule has 0 aromatic carbocycles. The van der Waals surface area contributed by atoms with Crippen LogP contribution in [-0.2, 0) is 0 Å². The Kier molecular flexibility index (Phi) is 15.0. The highest BCUT2D eigenvalue weighted by atomic mass is 127. The fraction of sp³-hybridized carbons (Fsp3) is 0.947. The van der Waals surface area contributed by atoms with Gasteiger partial charge in [0.2, 0.25) is 0 Å². The van der Waals surface area contributed by atoms with Gasteiger partial charge in [-0.1, -0.05) is 40.0 Å². The number of piperazine rings is 1. The van der Waals surface area contributed by atoms with Crippen LogP contribution in [-0.4, -0.2) is 74.7 Å². The Morgan fingerprint density at radius 3 is 2.20 bits per heavy atom. The topological polar surface area (TPSA) is 42.9 Å². The second-order valence-electron chi connectivity index (χ2n) is 7.07. The zero-order chi connectivity index (χ0) is 17.8. The van der Waals surface area contributed by atoms with Crippen LogP contribution in [0.15, 0.2) is 4.99 Å². The Labute approximate surface area is 173 Å². The van der Waals surface area contributed by atoms with Crippen molar-refractivity contribution >= 4 is 29.9 Å². The number of hydrogen-bond acceptors (Lipinski definition) is 3. The van der Waals surface area contributed by atoms with Crippen LogP contribution < -0.4 is 10.6 Å². The van der Waals surface area contributed by atoms with Crippen LogP contribution in [0.4, 0.5) is 0 Å². The van der Waals surface area contributed by atoms with Gasteiger partial charge in [0.05, 0.1) is 0 Å². The van der Waals surface area contributed by atoms with E-state index >= 15 is 0 Å². The molecule has 2 N–H and O–H groups in total. The van der Waals surface area contributed by atoms with Crippen molar-refractivity contribution in [2.24, 2.45) is 10.9 Å². The first-order valence-corrected chi connectivity index (χ1v) is 10.0. The number of aliphatic imine (C=N–C) groups is 1. The lowest BCUT2D eigenvalue weighted by Gasteiger charge is -2.37. The summed E-state index contributed by atoms with van der Waals surface area (Å²) in [6.45, 7) is 17.0. The molecule has 0 aliphatic carbocycles. The molecular weight excluding hydrogens is 425 g/mol. The Morgan fingerprint density at radius 1 is 1.04 bits per heavy atom. The Bertz CT molecular complexity index is 343. The molecule has 1 aliphatic rings. The predicted octanol–water partition coefficient (Wildman–Crippen LogP) is 3.01. The van der Waals surface area contributed by atoms with Crippen LogP contribution >= 0.6 is 24.0 Å². The van der Waals surface area contributed by atoms with Crippen molar-refractivity contribution in [1.82, 2.24) is 20.4 Å². The standard InChI is InChI=1S/C19H41N5.HI/c1-6-9-10-18(7-2)16-22-19(20-5)21-15-17(4)24-13-11-23(8-3)12-14-24;/h17-18H,6-16H2,1-5H3,(H2,20,21,22);1H. The van der Waals surface area contributed by atoms with E-state index in [2.05, 4.69) is 53.1 Å². The smallest absolute Gasteiger partial charge is 0.191 e. The van der Waals surface area contributed by atoms with E-state index in [0.717, 1.165) is 25.0 Å². The second kappa shape index (κ2) is 15.0. The summed E-state index contributed by atoms with van der Waals surface area (Å²) < 4.78 is 0. The number of unbranched alkanes of at least 4 members (excludes halogenated alkanes) is 1. The number of likely N-dealkylation sites (N-methyl/N-ethyl adjacent to an activating group) is 1. The number of hydrogen-bond donors (Lipinski definition) is 2. The summed E-state index contributed by atoms with van der Waals surface area (Å²) >= 11 is 0. The van der Waals surface area contributed by atoms with E-state index in [0.29, 0.717) is 6.04 Å². The first kappa shape index (κ1) is 24.9. The van der Waals surface area contributed by atoms with Gasteiger partial charge < -0.3 is 15.5 Å². The van der Waals surface area contributed by atoms with E-state index in [4.69, 9.17) is 0 Å². The van der Waals surface area contributed by atoms with Crippen LogP contribution in [0.5, 0.6) is 0 Å². The van der Waals surface area contributed by atoms with Gasteiger partial charge in [-0.2, -0.15) is 0 Å². The lowest BCUT2D eigenvalue weighted by molar-refractivity contribution is 0.107. The Hall–Kier alpha value is -0.0800. The third kappa shape index (κ3) is 9.99. The minimum absolute atomic E-state index is 0. The molecule has 0 spiro atoms. The molecule has 1 saturated heterocycles. The number of nitrogens with one attached hydrogen (secondary N) is 2. The minimum atomic E-state index is 0. The average molecular weight is 467 g/mol. The van der Waals surface area contributed by atoms with E-state index in [-0.39, 0.29) is 24.0 Å². The molecule has 1 heterocycles. The van der Waals surface area contributed by atoms with Crippen molar-refractivity contribution in [2.75, 3.05) is 52.9 Å². The fourth-order valence-electron chi connectivity index (χ4n) is 3.30. The molecule has 25 heavy (non-hydrogen) atoms. The number of nitrogens with zero attached hydrogens (tertiary/aromatic N) is 3. The largest absolute Gasteiger partial charge is 0.356 e. The summed E-state index contributed by atoms with van der Waals surface area (Å²) in [6, 6.07) is 0.546. The summed E-state index contributed by atoms with van der Waals surface area (Å²) in [5.74, 6) is 1.70. The van der Waals surface area contributed by atoms with E-state index in [1.165, 1.54) is 58.4 Å². The van der Waals surface area contributed by atoms with E-state index < -0.39 is 0 Å². The van der Waals surface area contributed by atoms with Gasteiger partial charge in [-0.05, 0) is 25.8 Å². The molecule has 2 atom stereocenters. The summed E-state index contributed by atoms with van der Waals surface area (Å²) in [7, 11) is 1.87. The molecule has 1 rings (SSSR count). The highest BCUT2D eigenvalue weighted by Crippen LogP contribution is 2.11. The molecule has 0 saturated carbocycles. The van der Waals surface area contributed by atoms with Crippen molar-refractivity contribution < 1.29 is 0 Å². The van der Waals surface area contributed by atoms with Crippen molar-refractivity contribution in [3.8, 4) is 0 Å². The highest BCUT2D eigenvalue weighted by Gasteiger charge is 2.20. The van der Waals surface area contributed by atoms with Gasteiger partial charge in [0.25, 0.3) is 0 Å². The van der Waals surface area contributed by atoms with Crippen LogP contribution in [0.1, 0.15) is 53.4 Å². The Balaban J connectivity index is 0.00000576. The first-order chi connectivity index (χ1) is 11.6. The lowest BCUT2D eigenvalue weighted by Crippen LogP contribution is -2.53. The van der Waals surface area contributed by atoms with Crippen molar-refractivity contribution in [3.05, 3.63) is 0 Å². The molecule has 0 amide bonds. The summed E-state index contributed by atoms with van der Waals surface area (Å²) in [4.78, 5) is 9.50. The number of halogens is 1. The maximum atomic E-state index is 4.38. The predicted molar refractivity (Wildman–Crippen MR) is 121 cm³/mol. The van der Waals surface area contributed by atoms with Gasteiger partial charge >= 0.3 is 0 Å². The normalized spacial score (nSPS) is 19.2. The van der Waals surface area contributed by atoms with Gasteiger partial charge in [-0.3, -0.25) is 9.89 Å². The molecule has 0 radical (unpaired) electrons. The zero-order valence-corrected chi connectivity index (χ0v) is 19.5. The van der Waals surface area contributed by atoms with Gasteiger partial charge in [0.15, 0.2) is 5.96 Å². The van der Waals surface area contributed by atoms with Gasteiger partial charge in [0.1, 0.15) is 0 Å². The van der Waals surface area contributed by atoms with Gasteiger partial charge in [-0.15, -0.1) is 24.0 Å². The molecule has 0 bridgehead atoms. The first-order valence-electron chi connectivity index (χ1n) is 10.0. The minimum Gasteiger partial charge on any atom is -0.356 e. The molecule has 5 nitrogen and oxygen atoms in total. The maximum absolute atomic E-state index is 4.38. The maximum Gasteiger partial charge on any atom is 0.191 e. The zero-order valence-electron chi connectivity index (χ0n) is 17.2. The number of rotatable bonds is 10. The van der Waals surface area contributed by atoms with Crippen molar-refractivity contribution in [3.63, 3.8) is 0 Å². The second-order valence-corrected chi connectivity index (χ2v) is 7.07. The molecular formula is C19H42IN5. The summed E-state index contributed by atoms with van der Waals surface area (Å²) in [5.41, 5.74) is 0. The highest BCUT2D eigenvalue weighted by molar-refractivity contribution is 14.0. The molecule has 1 aliphatic heterocycles. The SMILES string of the molecule is CCCCC(CC)CNC(=NC)NCC(C)N1CCN(CC)CC1.I. The van der Waals surface area contributed by atoms with Gasteiger partial charge in [0, 0.05) is 52.4 Å². The van der Waals surface area contributed by atoms with Crippen molar-refractivity contribution in [2.45, 2.75) is 59.4 Å². The molecule has 0 aromatic rings. The Morgan fingerprint density at radius 2 is 1.68 bits per heavy atom. The van der Waals surface area contributed by atoms with E-state index in [9.17, 15) is 0 Å².